The number of rotatable bonds is 13. The minimum Gasteiger partial charge on any atom is -0.379 e. The normalized spacial score (nSPS) is 11.7. The zero-order chi connectivity index (χ0) is 17.5. The highest BCUT2D eigenvalue weighted by Crippen LogP contribution is 2.02. The molecular formula is C14H27N5O4. The van der Waals surface area contributed by atoms with Crippen molar-refractivity contribution in [2.75, 3.05) is 39.5 Å². The maximum Gasteiger partial charge on any atom is 0.242 e. The number of nitrogens with one attached hydrogen (secondary N) is 2. The number of azide groups is 1. The summed E-state index contributed by atoms with van der Waals surface area (Å²) in [6, 6.07) is -0.536. The molecular weight excluding hydrogens is 302 g/mol. The van der Waals surface area contributed by atoms with Crippen LogP contribution in [0.2, 0.25) is 0 Å². The van der Waals surface area contributed by atoms with E-state index in [1.54, 1.807) is 0 Å². The summed E-state index contributed by atoms with van der Waals surface area (Å²) in [5.41, 5.74) is 8.07. The second kappa shape index (κ2) is 13.8. The molecule has 132 valence electrons. The zero-order valence-electron chi connectivity index (χ0n) is 14.1. The molecule has 0 saturated heterocycles. The molecule has 0 rings (SSSR count). The smallest absolute Gasteiger partial charge is 0.242 e. The van der Waals surface area contributed by atoms with Gasteiger partial charge in [0.1, 0.15) is 6.04 Å². The Morgan fingerprint density at radius 1 is 1.17 bits per heavy atom. The van der Waals surface area contributed by atoms with Crippen LogP contribution in [0.3, 0.4) is 0 Å². The van der Waals surface area contributed by atoms with Gasteiger partial charge < -0.3 is 20.1 Å². The van der Waals surface area contributed by atoms with Gasteiger partial charge >= 0.3 is 0 Å². The van der Waals surface area contributed by atoms with Gasteiger partial charge in [0, 0.05) is 24.4 Å². The van der Waals surface area contributed by atoms with Gasteiger partial charge in [0.2, 0.25) is 11.8 Å². The van der Waals surface area contributed by atoms with Gasteiger partial charge in [-0.2, -0.15) is 0 Å². The minimum absolute atomic E-state index is 0.0101. The third-order valence-electron chi connectivity index (χ3n) is 2.86. The van der Waals surface area contributed by atoms with Crippen LogP contribution in [0.15, 0.2) is 5.11 Å². The first-order valence-electron chi connectivity index (χ1n) is 7.76. The van der Waals surface area contributed by atoms with Gasteiger partial charge in [0.15, 0.2) is 0 Å². The number of amides is 2. The van der Waals surface area contributed by atoms with Crippen molar-refractivity contribution in [3.05, 3.63) is 10.4 Å². The average molecular weight is 329 g/mol. The Morgan fingerprint density at radius 3 is 2.39 bits per heavy atom. The van der Waals surface area contributed by atoms with Crippen LogP contribution in [0.5, 0.6) is 0 Å². The Hall–Kier alpha value is -1.83. The van der Waals surface area contributed by atoms with E-state index in [4.69, 9.17) is 15.0 Å². The van der Waals surface area contributed by atoms with Crippen LogP contribution in [0.4, 0.5) is 0 Å². The van der Waals surface area contributed by atoms with Gasteiger partial charge in [-0.1, -0.05) is 19.0 Å². The van der Waals surface area contributed by atoms with Crippen LogP contribution in [0.25, 0.3) is 10.4 Å². The minimum atomic E-state index is -0.536. The summed E-state index contributed by atoms with van der Waals surface area (Å²) in [7, 11) is 0. The molecule has 0 aliphatic heterocycles. The van der Waals surface area contributed by atoms with Crippen molar-refractivity contribution in [3.63, 3.8) is 0 Å². The first-order valence-corrected chi connectivity index (χ1v) is 7.76. The number of carbonyl (C=O) groups excluding carboxylic acids is 2. The molecule has 0 bridgehead atoms. The lowest BCUT2D eigenvalue weighted by molar-refractivity contribution is -0.130. The summed E-state index contributed by atoms with van der Waals surface area (Å²) in [5.74, 6) is -0.389. The van der Waals surface area contributed by atoms with Gasteiger partial charge in [0.05, 0.1) is 26.4 Å². The van der Waals surface area contributed by atoms with Crippen LogP contribution in [0, 0.1) is 5.92 Å². The highest BCUT2D eigenvalue weighted by molar-refractivity contribution is 5.87. The topological polar surface area (TPSA) is 125 Å². The summed E-state index contributed by atoms with van der Waals surface area (Å²) in [4.78, 5) is 26.3. The summed E-state index contributed by atoms with van der Waals surface area (Å²) in [5, 5.41) is 8.75. The van der Waals surface area contributed by atoms with E-state index in [1.165, 1.54) is 0 Å². The molecule has 9 nitrogen and oxygen atoms in total. The summed E-state index contributed by atoms with van der Waals surface area (Å²) in [6.07, 6.45) is 0.182. The van der Waals surface area contributed by atoms with Gasteiger partial charge in [-0.15, -0.1) is 0 Å². The molecule has 0 spiro atoms. The van der Waals surface area contributed by atoms with E-state index in [1.807, 2.05) is 20.8 Å². The predicted octanol–water partition coefficient (Wildman–Crippen LogP) is 0.997. The Balaban J connectivity index is 3.79. The summed E-state index contributed by atoms with van der Waals surface area (Å²) in [6.45, 7) is 7.73. The molecule has 9 heteroatoms. The number of hydrogen-bond acceptors (Lipinski definition) is 5. The molecule has 0 saturated carbocycles. The van der Waals surface area contributed by atoms with Gasteiger partial charge in [-0.3, -0.25) is 9.59 Å². The maximum atomic E-state index is 11.8. The second-order valence-electron chi connectivity index (χ2n) is 5.11. The van der Waals surface area contributed by atoms with E-state index >= 15 is 0 Å². The van der Waals surface area contributed by atoms with Crippen molar-refractivity contribution in [2.45, 2.75) is 33.2 Å². The van der Waals surface area contributed by atoms with Gasteiger partial charge in [-0.25, -0.2) is 0 Å². The first-order chi connectivity index (χ1) is 11.0. The first kappa shape index (κ1) is 21.2. The number of ether oxygens (including phenoxy) is 2. The van der Waals surface area contributed by atoms with Crippen molar-refractivity contribution >= 4 is 11.8 Å². The van der Waals surface area contributed by atoms with E-state index in [2.05, 4.69) is 20.7 Å². The average Bonchev–Trinajstić information content (AvgIpc) is 2.50. The Kier molecular flexibility index (Phi) is 12.7. The molecule has 0 aliphatic rings. The second-order valence-corrected chi connectivity index (χ2v) is 5.11. The Labute approximate surface area is 136 Å². The zero-order valence-corrected chi connectivity index (χ0v) is 14.1. The van der Waals surface area contributed by atoms with Crippen molar-refractivity contribution in [1.29, 1.82) is 0 Å². The number of carbonyl (C=O) groups is 2. The fourth-order valence-corrected chi connectivity index (χ4v) is 1.70. The molecule has 0 heterocycles. The fraction of sp³-hybridized carbons (Fsp3) is 0.857. The third-order valence-corrected chi connectivity index (χ3v) is 2.86. The number of likely N-dealkylation sites (N-methyl/N-ethyl adjacent to an activating group) is 1. The van der Waals surface area contributed by atoms with Crippen LogP contribution in [-0.4, -0.2) is 57.4 Å². The maximum absolute atomic E-state index is 11.8. The highest BCUT2D eigenvalue weighted by Gasteiger charge is 2.23. The van der Waals surface area contributed by atoms with Crippen molar-refractivity contribution in [1.82, 2.24) is 10.6 Å². The molecule has 0 aromatic rings. The Morgan fingerprint density at radius 2 is 1.83 bits per heavy atom. The Bertz CT molecular complexity index is 397. The molecule has 23 heavy (non-hydrogen) atoms. The quantitative estimate of drug-likeness (QED) is 0.226. The van der Waals surface area contributed by atoms with E-state index in [-0.39, 0.29) is 37.3 Å². The van der Waals surface area contributed by atoms with Crippen molar-refractivity contribution in [3.8, 4) is 0 Å². The van der Waals surface area contributed by atoms with Gasteiger partial charge in [-0.05, 0) is 18.4 Å². The molecule has 0 aliphatic carbocycles. The van der Waals surface area contributed by atoms with E-state index in [9.17, 15) is 9.59 Å². The van der Waals surface area contributed by atoms with E-state index < -0.39 is 6.04 Å². The lowest BCUT2D eigenvalue weighted by Crippen LogP contribution is -2.49. The van der Waals surface area contributed by atoms with Crippen LogP contribution >= 0.6 is 0 Å². The largest absolute Gasteiger partial charge is 0.379 e. The number of nitrogens with zero attached hydrogens (tertiary/aromatic N) is 3. The third kappa shape index (κ3) is 11.4. The lowest BCUT2D eigenvalue weighted by atomic mass is 10.0. The van der Waals surface area contributed by atoms with Crippen LogP contribution in [0.1, 0.15) is 27.2 Å². The van der Waals surface area contributed by atoms with Crippen molar-refractivity contribution in [2.24, 2.45) is 11.0 Å². The molecule has 1 atom stereocenters. The summed E-state index contributed by atoms with van der Waals surface area (Å²) >= 11 is 0. The lowest BCUT2D eigenvalue weighted by Gasteiger charge is -2.21. The highest BCUT2D eigenvalue weighted by atomic mass is 16.5. The molecule has 0 unspecified atom stereocenters. The molecule has 0 aromatic heterocycles. The molecule has 2 N–H and O–H groups in total. The van der Waals surface area contributed by atoms with Crippen LogP contribution < -0.4 is 10.6 Å². The van der Waals surface area contributed by atoms with Gasteiger partial charge in [0.25, 0.3) is 0 Å². The predicted molar refractivity (Wildman–Crippen MR) is 85.7 cm³/mol. The number of hydrogen-bond donors (Lipinski definition) is 2. The molecule has 0 fully saturated rings. The molecule has 0 radical (unpaired) electrons. The van der Waals surface area contributed by atoms with Crippen molar-refractivity contribution < 1.29 is 19.1 Å². The SMILES string of the molecule is CCNC(=O)[C@@H](NC(=O)CCOCCOCCN=[N+]=[N-])C(C)C. The molecule has 0 aromatic carbocycles. The van der Waals surface area contributed by atoms with E-state index in [0.717, 1.165) is 0 Å². The van der Waals surface area contributed by atoms with Crippen LogP contribution in [-0.2, 0) is 19.1 Å². The fourth-order valence-electron chi connectivity index (χ4n) is 1.70. The van der Waals surface area contributed by atoms with E-state index in [0.29, 0.717) is 26.4 Å². The molecule has 2 amide bonds. The standard InChI is InChI=1S/C14H27N5O4/c1-4-16-14(21)13(11(2)3)18-12(20)5-7-22-9-10-23-8-6-17-19-15/h11,13H,4-10H2,1-3H3,(H,16,21)(H,18,20)/t13-/m0/s1. The monoisotopic (exact) mass is 329 g/mol. The summed E-state index contributed by atoms with van der Waals surface area (Å²) < 4.78 is 10.4.